The van der Waals surface area contributed by atoms with Gasteiger partial charge in [0.2, 0.25) is 0 Å². The minimum atomic E-state index is -1.05. The number of carboxylic acids is 1. The Labute approximate surface area is 186 Å². The highest BCUT2D eigenvalue weighted by Crippen LogP contribution is 2.38. The highest BCUT2D eigenvalue weighted by atomic mass is 32.2. The largest absolute Gasteiger partial charge is 0.487 e. The van der Waals surface area contributed by atoms with Crippen LogP contribution >= 0.6 is 11.9 Å². The summed E-state index contributed by atoms with van der Waals surface area (Å²) in [4.78, 5) is 15.4. The van der Waals surface area contributed by atoms with Crippen molar-refractivity contribution in [1.82, 2.24) is 4.98 Å². The first-order valence-corrected chi connectivity index (χ1v) is 10.7. The quantitative estimate of drug-likeness (QED) is 0.421. The van der Waals surface area contributed by atoms with Gasteiger partial charge in [-0.1, -0.05) is 18.2 Å². The smallest absolute Gasteiger partial charge is 0.335 e. The molecule has 0 amide bonds. The number of halogens is 1. The van der Waals surface area contributed by atoms with Gasteiger partial charge in [0.15, 0.2) is 0 Å². The van der Waals surface area contributed by atoms with Crippen LogP contribution in [-0.2, 0) is 6.61 Å². The molecule has 7 heteroatoms. The fourth-order valence-corrected chi connectivity index (χ4v) is 3.91. The number of pyridine rings is 1. The van der Waals surface area contributed by atoms with Crippen molar-refractivity contribution >= 4 is 23.6 Å². The van der Waals surface area contributed by atoms with Crippen molar-refractivity contribution in [3.8, 4) is 5.75 Å². The number of benzene rings is 2. The molecule has 3 aromatic rings. The Hall–Kier alpha value is -3.06. The van der Waals surface area contributed by atoms with Crippen molar-refractivity contribution in [1.29, 1.82) is 0 Å². The zero-order valence-electron chi connectivity index (χ0n) is 17.7. The molecule has 0 saturated heterocycles. The Morgan fingerprint density at radius 2 is 1.87 bits per heavy atom. The summed E-state index contributed by atoms with van der Waals surface area (Å²) in [6.45, 7) is 5.98. The van der Waals surface area contributed by atoms with Crippen LogP contribution in [0.4, 0.5) is 10.1 Å². The Kier molecular flexibility index (Phi) is 7.52. The van der Waals surface area contributed by atoms with Gasteiger partial charge in [0.25, 0.3) is 0 Å². The number of carbonyl (C=O) groups is 1. The Bertz CT molecular complexity index is 1030. The molecule has 162 valence electrons. The first kappa shape index (κ1) is 22.6. The van der Waals surface area contributed by atoms with Crippen LogP contribution in [-0.4, -0.2) is 28.8 Å². The molecule has 3 rings (SSSR count). The first-order chi connectivity index (χ1) is 14.8. The summed E-state index contributed by atoms with van der Waals surface area (Å²) in [5.74, 6) is -0.332. The zero-order chi connectivity index (χ0) is 22.4. The van der Waals surface area contributed by atoms with E-state index in [9.17, 15) is 9.18 Å². The highest BCUT2D eigenvalue weighted by Gasteiger charge is 2.19. The Morgan fingerprint density at radius 1 is 1.16 bits per heavy atom. The summed E-state index contributed by atoms with van der Waals surface area (Å²) >= 11 is 1.36. The number of carboxylic acid groups (broad SMARTS) is 1. The third-order valence-corrected chi connectivity index (χ3v) is 5.69. The average Bonchev–Trinajstić information content (AvgIpc) is 2.74. The van der Waals surface area contributed by atoms with E-state index in [1.54, 1.807) is 30.5 Å². The van der Waals surface area contributed by atoms with E-state index in [1.807, 2.05) is 48.5 Å². The van der Waals surface area contributed by atoms with E-state index < -0.39 is 12.1 Å². The first-order valence-electron chi connectivity index (χ1n) is 9.90. The van der Waals surface area contributed by atoms with Gasteiger partial charge in [-0.25, -0.2) is 14.2 Å². The highest BCUT2D eigenvalue weighted by molar-refractivity contribution is 8.00. The summed E-state index contributed by atoms with van der Waals surface area (Å²) in [5, 5.41) is 9.82. The number of hydrogen-bond acceptors (Lipinski definition) is 5. The SMILES string of the molecule is Cc1cc(OCc2ccc(C(=O)O)cc2)c(N(C[C@@H](C)F)Sc2ccccn2)cc1C. The molecule has 0 aliphatic carbocycles. The van der Waals surface area contributed by atoms with E-state index >= 15 is 0 Å². The van der Waals surface area contributed by atoms with Crippen LogP contribution in [0.3, 0.4) is 0 Å². The number of alkyl halides is 1. The van der Waals surface area contributed by atoms with Gasteiger partial charge < -0.3 is 14.1 Å². The predicted molar refractivity (Wildman–Crippen MR) is 122 cm³/mol. The molecule has 0 spiro atoms. The molecule has 1 aromatic heterocycles. The van der Waals surface area contributed by atoms with Crippen LogP contribution in [0.2, 0.25) is 0 Å². The van der Waals surface area contributed by atoms with E-state index in [1.165, 1.54) is 18.9 Å². The van der Waals surface area contributed by atoms with E-state index in [0.717, 1.165) is 27.4 Å². The van der Waals surface area contributed by atoms with E-state index in [2.05, 4.69) is 4.98 Å². The molecule has 5 nitrogen and oxygen atoms in total. The second-order valence-electron chi connectivity index (χ2n) is 7.30. The average molecular weight is 441 g/mol. The van der Waals surface area contributed by atoms with Crippen molar-refractivity contribution < 1.29 is 19.0 Å². The molecule has 0 unspecified atom stereocenters. The van der Waals surface area contributed by atoms with Gasteiger partial charge in [-0.05, 0) is 73.9 Å². The number of nitrogens with zero attached hydrogens (tertiary/aromatic N) is 2. The third-order valence-electron chi connectivity index (χ3n) is 4.70. The fourth-order valence-electron chi connectivity index (χ4n) is 2.92. The molecular formula is C24H25FN2O3S. The summed E-state index contributed by atoms with van der Waals surface area (Å²) in [5.41, 5.74) is 3.98. The molecule has 0 aliphatic heterocycles. The monoisotopic (exact) mass is 440 g/mol. The van der Waals surface area contributed by atoms with Gasteiger partial charge in [0, 0.05) is 18.1 Å². The van der Waals surface area contributed by atoms with Crippen LogP contribution in [0.25, 0.3) is 0 Å². The lowest BCUT2D eigenvalue weighted by Crippen LogP contribution is -2.23. The minimum Gasteiger partial charge on any atom is -0.487 e. The summed E-state index contributed by atoms with van der Waals surface area (Å²) in [6, 6.07) is 16.1. The van der Waals surface area contributed by atoms with Gasteiger partial charge in [-0.2, -0.15) is 0 Å². The van der Waals surface area contributed by atoms with Crippen molar-refractivity contribution in [2.75, 3.05) is 10.8 Å². The van der Waals surface area contributed by atoms with Gasteiger partial charge in [0.05, 0.1) is 17.8 Å². The standard InChI is InChI=1S/C24H25FN2O3S/c1-16-12-21(27(14-18(3)25)31-23-6-4-5-11-26-23)22(13-17(16)2)30-15-19-7-9-20(10-8-19)24(28)29/h4-13,18H,14-15H2,1-3H3,(H,28,29)/t18-/m1/s1. The van der Waals surface area contributed by atoms with Crippen LogP contribution in [0, 0.1) is 13.8 Å². The molecular weight excluding hydrogens is 415 g/mol. The Morgan fingerprint density at radius 3 is 2.48 bits per heavy atom. The molecule has 0 bridgehead atoms. The normalized spacial score (nSPS) is 11.7. The summed E-state index contributed by atoms with van der Waals surface area (Å²) in [7, 11) is 0. The molecule has 0 aliphatic rings. The van der Waals surface area contributed by atoms with Crippen molar-refractivity contribution in [2.45, 2.75) is 38.6 Å². The molecule has 0 radical (unpaired) electrons. The molecule has 1 N–H and O–H groups in total. The lowest BCUT2D eigenvalue weighted by atomic mass is 10.1. The second-order valence-corrected chi connectivity index (χ2v) is 8.34. The maximum absolute atomic E-state index is 14.0. The van der Waals surface area contributed by atoms with Crippen molar-refractivity contribution in [3.05, 3.63) is 83.0 Å². The summed E-state index contributed by atoms with van der Waals surface area (Å²) < 4.78 is 22.0. The molecule has 2 aromatic carbocycles. The molecule has 1 atom stereocenters. The van der Waals surface area contributed by atoms with Crippen LogP contribution in [0.5, 0.6) is 5.75 Å². The Balaban J connectivity index is 1.88. The number of hydrogen-bond donors (Lipinski definition) is 1. The molecule has 0 fully saturated rings. The van der Waals surface area contributed by atoms with Gasteiger partial charge in [0.1, 0.15) is 23.6 Å². The number of aromatic nitrogens is 1. The third kappa shape index (κ3) is 6.21. The van der Waals surface area contributed by atoms with Crippen LogP contribution in [0.15, 0.2) is 65.8 Å². The van der Waals surface area contributed by atoms with E-state index in [4.69, 9.17) is 9.84 Å². The number of ether oxygens (including phenoxy) is 1. The maximum atomic E-state index is 14.0. The van der Waals surface area contributed by atoms with Gasteiger partial charge in [-0.3, -0.25) is 0 Å². The number of aromatic carboxylic acids is 1. The van der Waals surface area contributed by atoms with E-state index in [-0.39, 0.29) is 18.7 Å². The number of aryl methyl sites for hydroxylation is 2. The summed E-state index contributed by atoms with van der Waals surface area (Å²) in [6.07, 6.45) is 0.659. The maximum Gasteiger partial charge on any atom is 0.335 e. The van der Waals surface area contributed by atoms with Crippen molar-refractivity contribution in [3.63, 3.8) is 0 Å². The van der Waals surface area contributed by atoms with Crippen molar-refractivity contribution in [2.24, 2.45) is 0 Å². The topological polar surface area (TPSA) is 62.7 Å². The lowest BCUT2D eigenvalue weighted by Gasteiger charge is -2.26. The van der Waals surface area contributed by atoms with E-state index in [0.29, 0.717) is 5.75 Å². The minimum absolute atomic E-state index is 0.174. The molecule has 0 saturated carbocycles. The zero-order valence-corrected chi connectivity index (χ0v) is 18.5. The lowest BCUT2D eigenvalue weighted by molar-refractivity contribution is 0.0697. The number of anilines is 1. The number of rotatable bonds is 9. The van der Waals surface area contributed by atoms with Gasteiger partial charge in [-0.15, -0.1) is 0 Å². The molecule has 1 heterocycles. The fraction of sp³-hybridized carbons (Fsp3) is 0.250. The second kappa shape index (κ2) is 10.3. The van der Waals surface area contributed by atoms with Crippen LogP contribution in [0.1, 0.15) is 34.0 Å². The van der Waals surface area contributed by atoms with Crippen LogP contribution < -0.4 is 9.04 Å². The molecule has 31 heavy (non-hydrogen) atoms. The van der Waals surface area contributed by atoms with Gasteiger partial charge >= 0.3 is 5.97 Å². The predicted octanol–water partition coefficient (Wildman–Crippen LogP) is 5.85.